The van der Waals surface area contributed by atoms with Gasteiger partial charge < -0.3 is 4.90 Å². The summed E-state index contributed by atoms with van der Waals surface area (Å²) in [4.78, 5) is 3.13. The molecular weight excluding hydrogens is 382 g/mol. The molecule has 0 amide bonds. The van der Waals surface area contributed by atoms with Crippen LogP contribution in [0.4, 0.5) is 5.82 Å². The third-order valence-corrected chi connectivity index (χ3v) is 6.13. The molecule has 0 saturated carbocycles. The molecule has 2 aromatic rings. The third-order valence-electron chi connectivity index (χ3n) is 3.85. The van der Waals surface area contributed by atoms with Crippen LogP contribution in [0.2, 0.25) is 0 Å². The number of aromatic nitrogens is 3. The highest BCUT2D eigenvalue weighted by Gasteiger charge is 2.33. The van der Waals surface area contributed by atoms with Crippen molar-refractivity contribution in [3.63, 3.8) is 0 Å². The Hall–Kier alpha value is -1.92. The summed E-state index contributed by atoms with van der Waals surface area (Å²) >= 11 is 3.36. The fourth-order valence-corrected chi connectivity index (χ4v) is 4.59. The van der Waals surface area contributed by atoms with E-state index in [2.05, 4.69) is 26.1 Å². The molecule has 0 N–H and O–H groups in total. The maximum Gasteiger partial charge on any atom is 0.207 e. The summed E-state index contributed by atoms with van der Waals surface area (Å²) in [6.07, 6.45) is 0.537. The van der Waals surface area contributed by atoms with Crippen molar-refractivity contribution in [2.75, 3.05) is 23.5 Å². The van der Waals surface area contributed by atoms with Gasteiger partial charge in [-0.05, 0) is 30.7 Å². The number of hydrogen-bond acceptors (Lipinski definition) is 6. The van der Waals surface area contributed by atoms with Crippen LogP contribution >= 0.6 is 15.9 Å². The number of nitrogens with zero attached hydrogens (tertiary/aromatic N) is 5. The van der Waals surface area contributed by atoms with E-state index in [1.165, 1.54) is 4.80 Å². The lowest BCUT2D eigenvalue weighted by Gasteiger charge is -2.22. The SMILES string of the molecule is CN(c1nn(-c2ccc(Br)cc2)nc1C#N)C1CCS(=O)(=O)C1. The highest BCUT2D eigenvalue weighted by molar-refractivity contribution is 9.10. The fraction of sp³-hybridized carbons (Fsp3) is 0.357. The van der Waals surface area contributed by atoms with Gasteiger partial charge in [-0.1, -0.05) is 15.9 Å². The molecule has 120 valence electrons. The van der Waals surface area contributed by atoms with Crippen LogP contribution in [0, 0.1) is 11.3 Å². The van der Waals surface area contributed by atoms with E-state index in [1.807, 2.05) is 30.3 Å². The average molecular weight is 396 g/mol. The van der Waals surface area contributed by atoms with E-state index in [0.29, 0.717) is 12.2 Å². The minimum Gasteiger partial charge on any atom is -0.352 e. The Bertz CT molecular complexity index is 870. The smallest absolute Gasteiger partial charge is 0.207 e. The Morgan fingerprint density at radius 3 is 2.61 bits per heavy atom. The molecule has 23 heavy (non-hydrogen) atoms. The number of hydrogen-bond donors (Lipinski definition) is 0. The van der Waals surface area contributed by atoms with E-state index in [9.17, 15) is 13.7 Å². The van der Waals surface area contributed by atoms with Crippen LogP contribution in [0.3, 0.4) is 0 Å². The van der Waals surface area contributed by atoms with Gasteiger partial charge in [-0.3, -0.25) is 0 Å². The molecule has 3 rings (SSSR count). The van der Waals surface area contributed by atoms with Crippen LogP contribution in [0.5, 0.6) is 0 Å². The number of anilines is 1. The molecule has 0 spiro atoms. The van der Waals surface area contributed by atoms with Gasteiger partial charge in [0, 0.05) is 17.6 Å². The van der Waals surface area contributed by atoms with E-state index in [1.54, 1.807) is 11.9 Å². The lowest BCUT2D eigenvalue weighted by Crippen LogP contribution is -2.33. The number of benzene rings is 1. The molecule has 0 bridgehead atoms. The largest absolute Gasteiger partial charge is 0.352 e. The van der Waals surface area contributed by atoms with Gasteiger partial charge in [0.2, 0.25) is 5.69 Å². The van der Waals surface area contributed by atoms with E-state index in [-0.39, 0.29) is 23.2 Å². The van der Waals surface area contributed by atoms with Crippen LogP contribution in [0.15, 0.2) is 28.7 Å². The Morgan fingerprint density at radius 1 is 1.35 bits per heavy atom. The van der Waals surface area contributed by atoms with Crippen LogP contribution in [0.1, 0.15) is 12.1 Å². The van der Waals surface area contributed by atoms with Crippen molar-refractivity contribution in [2.45, 2.75) is 12.5 Å². The van der Waals surface area contributed by atoms with Gasteiger partial charge in [0.25, 0.3) is 0 Å². The van der Waals surface area contributed by atoms with Gasteiger partial charge in [0.15, 0.2) is 15.7 Å². The lowest BCUT2D eigenvalue weighted by atomic mass is 10.2. The van der Waals surface area contributed by atoms with E-state index < -0.39 is 9.84 Å². The minimum absolute atomic E-state index is 0.0828. The van der Waals surface area contributed by atoms with Gasteiger partial charge >= 0.3 is 0 Å². The molecule has 1 aliphatic rings. The van der Waals surface area contributed by atoms with Crippen molar-refractivity contribution < 1.29 is 8.42 Å². The molecule has 1 fully saturated rings. The molecule has 1 aromatic carbocycles. The molecule has 7 nitrogen and oxygen atoms in total. The predicted octanol–water partition coefficient (Wildman–Crippen LogP) is 1.52. The minimum atomic E-state index is -3.00. The number of halogens is 1. The molecule has 9 heteroatoms. The first kappa shape index (κ1) is 16.0. The van der Waals surface area contributed by atoms with Gasteiger partial charge in [0.05, 0.1) is 17.2 Å². The van der Waals surface area contributed by atoms with Crippen molar-refractivity contribution in [1.82, 2.24) is 15.0 Å². The Morgan fingerprint density at radius 2 is 2.04 bits per heavy atom. The Labute approximate surface area is 142 Å². The van der Waals surface area contributed by atoms with Crippen molar-refractivity contribution in [3.8, 4) is 11.8 Å². The van der Waals surface area contributed by atoms with Gasteiger partial charge in [-0.2, -0.15) is 5.26 Å². The molecule has 1 aliphatic heterocycles. The van der Waals surface area contributed by atoms with Crippen molar-refractivity contribution in [2.24, 2.45) is 0 Å². The number of rotatable bonds is 3. The average Bonchev–Trinajstić information content (AvgIpc) is 3.10. The van der Waals surface area contributed by atoms with E-state index in [0.717, 1.165) is 10.2 Å². The second-order valence-corrected chi connectivity index (χ2v) is 8.56. The van der Waals surface area contributed by atoms with Crippen LogP contribution in [0.25, 0.3) is 5.69 Å². The fourth-order valence-electron chi connectivity index (χ4n) is 2.55. The predicted molar refractivity (Wildman–Crippen MR) is 89.2 cm³/mol. The van der Waals surface area contributed by atoms with Gasteiger partial charge in [0.1, 0.15) is 6.07 Å². The topological polar surface area (TPSA) is 91.9 Å². The van der Waals surface area contributed by atoms with Crippen molar-refractivity contribution in [1.29, 1.82) is 5.26 Å². The molecule has 1 saturated heterocycles. The monoisotopic (exact) mass is 395 g/mol. The van der Waals surface area contributed by atoms with Crippen LogP contribution in [-0.2, 0) is 9.84 Å². The lowest BCUT2D eigenvalue weighted by molar-refractivity contribution is 0.600. The third kappa shape index (κ3) is 3.23. The summed E-state index contributed by atoms with van der Waals surface area (Å²) < 4.78 is 24.2. The quantitative estimate of drug-likeness (QED) is 0.782. The first-order valence-electron chi connectivity index (χ1n) is 6.96. The van der Waals surface area contributed by atoms with Gasteiger partial charge in [-0.15, -0.1) is 15.0 Å². The van der Waals surface area contributed by atoms with Crippen LogP contribution < -0.4 is 4.90 Å². The highest BCUT2D eigenvalue weighted by atomic mass is 79.9. The summed E-state index contributed by atoms with van der Waals surface area (Å²) in [6, 6.07) is 9.22. The first-order valence-corrected chi connectivity index (χ1v) is 9.58. The zero-order valence-electron chi connectivity index (χ0n) is 12.3. The van der Waals surface area contributed by atoms with Crippen molar-refractivity contribution >= 4 is 31.6 Å². The maximum atomic E-state index is 11.7. The summed E-state index contributed by atoms with van der Waals surface area (Å²) in [5.74, 6) is 0.655. The van der Waals surface area contributed by atoms with Crippen molar-refractivity contribution in [3.05, 3.63) is 34.4 Å². The van der Waals surface area contributed by atoms with Gasteiger partial charge in [-0.25, -0.2) is 8.42 Å². The normalized spacial score (nSPS) is 19.4. The molecule has 0 radical (unpaired) electrons. The summed E-state index contributed by atoms with van der Waals surface area (Å²) in [5, 5.41) is 17.9. The zero-order valence-corrected chi connectivity index (χ0v) is 14.7. The number of sulfone groups is 1. The Balaban J connectivity index is 1.94. The van der Waals surface area contributed by atoms with Crippen LogP contribution in [-0.4, -0.2) is 48.0 Å². The van der Waals surface area contributed by atoms with E-state index >= 15 is 0 Å². The maximum absolute atomic E-state index is 11.7. The highest BCUT2D eigenvalue weighted by Crippen LogP contribution is 2.24. The molecule has 2 heterocycles. The molecule has 1 atom stereocenters. The number of nitriles is 1. The summed E-state index contributed by atoms with van der Waals surface area (Å²) in [7, 11) is -1.25. The zero-order chi connectivity index (χ0) is 16.6. The molecular formula is C14H14BrN5O2S. The second-order valence-electron chi connectivity index (χ2n) is 5.42. The first-order chi connectivity index (χ1) is 10.9. The standard InChI is InChI=1S/C14H14BrN5O2S/c1-19(12-6-7-23(21,22)9-12)14-13(8-16)17-20(18-14)11-4-2-10(15)3-5-11/h2-5,12H,6-7,9H2,1H3. The Kier molecular flexibility index (Phi) is 4.12. The summed E-state index contributed by atoms with van der Waals surface area (Å²) in [6.45, 7) is 0. The van der Waals surface area contributed by atoms with E-state index in [4.69, 9.17) is 0 Å². The molecule has 0 aliphatic carbocycles. The molecule has 1 unspecified atom stereocenters. The second kappa shape index (κ2) is 5.94. The molecule has 1 aromatic heterocycles. The summed E-state index contributed by atoms with van der Waals surface area (Å²) in [5.41, 5.74) is 0.906.